The second kappa shape index (κ2) is 6.03. The summed E-state index contributed by atoms with van der Waals surface area (Å²) >= 11 is 1.59. The Morgan fingerprint density at radius 3 is 3.00 bits per heavy atom. The predicted molar refractivity (Wildman–Crippen MR) is 85.5 cm³/mol. The Bertz CT molecular complexity index is 698. The topological polar surface area (TPSA) is 71.8 Å². The highest BCUT2D eigenvalue weighted by Crippen LogP contribution is 2.36. The quantitative estimate of drug-likeness (QED) is 0.660. The van der Waals surface area contributed by atoms with Gasteiger partial charge < -0.3 is 10.7 Å². The highest BCUT2D eigenvalue weighted by atomic mass is 32.2. The first-order valence-corrected chi connectivity index (χ1v) is 8.09. The molecule has 1 aliphatic carbocycles. The van der Waals surface area contributed by atoms with Gasteiger partial charge in [-0.05, 0) is 37.3 Å². The van der Waals surface area contributed by atoms with Crippen molar-refractivity contribution in [3.8, 4) is 0 Å². The van der Waals surface area contributed by atoms with E-state index in [2.05, 4.69) is 28.2 Å². The highest BCUT2D eigenvalue weighted by Gasteiger charge is 2.26. The number of benzene rings is 1. The summed E-state index contributed by atoms with van der Waals surface area (Å²) in [5.74, 6) is 0. The summed E-state index contributed by atoms with van der Waals surface area (Å²) in [4.78, 5) is 18.8. The van der Waals surface area contributed by atoms with Crippen LogP contribution in [0.15, 0.2) is 40.3 Å². The largest absolute Gasteiger partial charge is 0.323 e. The highest BCUT2D eigenvalue weighted by molar-refractivity contribution is 7.99. The van der Waals surface area contributed by atoms with Gasteiger partial charge in [0, 0.05) is 23.1 Å². The average Bonchev–Trinajstić information content (AvgIpc) is 2.59. The summed E-state index contributed by atoms with van der Waals surface area (Å²) in [6.45, 7) is 1.83. The molecular formula is C16H19N3OS. The molecule has 0 spiro atoms. The average molecular weight is 301 g/mol. The van der Waals surface area contributed by atoms with Crippen LogP contribution in [-0.2, 0) is 6.42 Å². The van der Waals surface area contributed by atoms with Crippen LogP contribution in [-0.4, -0.2) is 15.2 Å². The van der Waals surface area contributed by atoms with E-state index in [1.807, 2.05) is 13.0 Å². The van der Waals surface area contributed by atoms with Crippen LogP contribution < -0.4 is 11.3 Å². The molecule has 0 aliphatic heterocycles. The molecule has 1 aliphatic rings. The third-order valence-electron chi connectivity index (χ3n) is 3.86. The predicted octanol–water partition coefficient (Wildman–Crippen LogP) is 2.58. The van der Waals surface area contributed by atoms with Gasteiger partial charge in [-0.2, -0.15) is 0 Å². The zero-order valence-corrected chi connectivity index (χ0v) is 12.8. The van der Waals surface area contributed by atoms with Crippen molar-refractivity contribution in [2.45, 2.75) is 42.6 Å². The number of nitrogens with two attached hydrogens (primary N) is 1. The van der Waals surface area contributed by atoms with Crippen molar-refractivity contribution in [2.24, 2.45) is 5.73 Å². The second-order valence-corrected chi connectivity index (χ2v) is 6.69. The van der Waals surface area contributed by atoms with E-state index in [-0.39, 0.29) is 16.9 Å². The molecule has 1 aromatic heterocycles. The maximum absolute atomic E-state index is 11.6. The summed E-state index contributed by atoms with van der Waals surface area (Å²) in [7, 11) is 0. The molecule has 4 nitrogen and oxygen atoms in total. The standard InChI is InChI=1S/C16H19N3OS/c1-10-9-14(20)19-16(18-10)21-13-8-4-6-11-5-2-3-7-12(11)15(13)17/h2-3,5,7,9,13,15H,4,6,8,17H2,1H3,(H,18,19,20). The summed E-state index contributed by atoms with van der Waals surface area (Å²) in [6, 6.07) is 9.86. The molecule has 3 N–H and O–H groups in total. The first kappa shape index (κ1) is 14.4. The zero-order valence-electron chi connectivity index (χ0n) is 12.0. The molecule has 0 saturated heterocycles. The molecule has 5 heteroatoms. The van der Waals surface area contributed by atoms with Crippen molar-refractivity contribution in [3.63, 3.8) is 0 Å². The Morgan fingerprint density at radius 1 is 1.38 bits per heavy atom. The van der Waals surface area contributed by atoms with Gasteiger partial charge in [0.2, 0.25) is 0 Å². The number of nitrogens with one attached hydrogen (secondary N) is 1. The monoisotopic (exact) mass is 301 g/mol. The smallest absolute Gasteiger partial charge is 0.251 e. The molecule has 0 fully saturated rings. The summed E-state index contributed by atoms with van der Waals surface area (Å²) in [5.41, 5.74) is 9.68. The number of hydrogen-bond donors (Lipinski definition) is 2. The number of aromatic nitrogens is 2. The Morgan fingerprint density at radius 2 is 2.19 bits per heavy atom. The summed E-state index contributed by atoms with van der Waals surface area (Å²) in [6.07, 6.45) is 3.20. The van der Waals surface area contributed by atoms with Crippen molar-refractivity contribution >= 4 is 11.8 Å². The van der Waals surface area contributed by atoms with Crippen molar-refractivity contribution < 1.29 is 0 Å². The van der Waals surface area contributed by atoms with Crippen LogP contribution in [0.25, 0.3) is 0 Å². The Labute approximate surface area is 128 Å². The van der Waals surface area contributed by atoms with E-state index in [1.54, 1.807) is 11.8 Å². The molecule has 0 amide bonds. The number of aromatic amines is 1. The number of fused-ring (bicyclic) bond motifs is 1. The van der Waals surface area contributed by atoms with E-state index in [1.165, 1.54) is 17.2 Å². The van der Waals surface area contributed by atoms with Gasteiger partial charge in [0.25, 0.3) is 5.56 Å². The number of hydrogen-bond acceptors (Lipinski definition) is 4. The van der Waals surface area contributed by atoms with Gasteiger partial charge in [0.1, 0.15) is 0 Å². The van der Waals surface area contributed by atoms with Crippen molar-refractivity contribution in [1.29, 1.82) is 0 Å². The van der Waals surface area contributed by atoms with Crippen LogP contribution in [0.2, 0.25) is 0 Å². The van der Waals surface area contributed by atoms with Gasteiger partial charge in [0.15, 0.2) is 5.16 Å². The van der Waals surface area contributed by atoms with E-state index in [9.17, 15) is 4.79 Å². The first-order valence-electron chi connectivity index (χ1n) is 7.21. The third-order valence-corrected chi connectivity index (χ3v) is 5.11. The number of H-pyrrole nitrogens is 1. The summed E-state index contributed by atoms with van der Waals surface area (Å²) < 4.78 is 0. The van der Waals surface area contributed by atoms with Crippen LogP contribution >= 0.6 is 11.8 Å². The van der Waals surface area contributed by atoms with Crippen LogP contribution in [0, 0.1) is 6.92 Å². The van der Waals surface area contributed by atoms with Gasteiger partial charge in [-0.15, -0.1) is 0 Å². The molecule has 110 valence electrons. The molecule has 2 atom stereocenters. The Hall–Kier alpha value is -1.59. The SMILES string of the molecule is Cc1cc(=O)[nH]c(SC2CCCc3ccccc3C2N)n1. The van der Waals surface area contributed by atoms with Crippen LogP contribution in [0.5, 0.6) is 0 Å². The molecule has 2 unspecified atom stereocenters. The number of nitrogens with zero attached hydrogens (tertiary/aromatic N) is 1. The van der Waals surface area contributed by atoms with Crippen molar-refractivity contribution in [2.75, 3.05) is 0 Å². The van der Waals surface area contributed by atoms with E-state index in [0.29, 0.717) is 5.16 Å². The molecule has 0 bridgehead atoms. The maximum Gasteiger partial charge on any atom is 0.251 e. The van der Waals surface area contributed by atoms with Crippen LogP contribution in [0.4, 0.5) is 0 Å². The Balaban J connectivity index is 1.87. The molecule has 2 aromatic rings. The van der Waals surface area contributed by atoms with E-state index >= 15 is 0 Å². The minimum Gasteiger partial charge on any atom is -0.323 e. The maximum atomic E-state index is 11.6. The van der Waals surface area contributed by atoms with E-state index in [0.717, 1.165) is 25.0 Å². The number of aryl methyl sites for hydroxylation is 2. The van der Waals surface area contributed by atoms with E-state index in [4.69, 9.17) is 5.73 Å². The number of rotatable bonds is 2. The van der Waals surface area contributed by atoms with Crippen molar-refractivity contribution in [3.05, 3.63) is 57.5 Å². The lowest BCUT2D eigenvalue weighted by Crippen LogP contribution is -2.24. The van der Waals surface area contributed by atoms with Gasteiger partial charge in [-0.1, -0.05) is 36.0 Å². The lowest BCUT2D eigenvalue weighted by atomic mass is 10.00. The lowest BCUT2D eigenvalue weighted by Gasteiger charge is -2.21. The normalized spacial score (nSPS) is 21.6. The fraction of sp³-hybridized carbons (Fsp3) is 0.375. The van der Waals surface area contributed by atoms with Gasteiger partial charge in [0.05, 0.1) is 0 Å². The third kappa shape index (κ3) is 3.19. The molecule has 1 heterocycles. The van der Waals surface area contributed by atoms with Crippen LogP contribution in [0.1, 0.15) is 35.7 Å². The fourth-order valence-corrected chi connectivity index (χ4v) is 4.06. The van der Waals surface area contributed by atoms with Crippen LogP contribution in [0.3, 0.4) is 0 Å². The van der Waals surface area contributed by atoms with Gasteiger partial charge in [-0.3, -0.25) is 4.79 Å². The van der Waals surface area contributed by atoms with E-state index < -0.39 is 0 Å². The minimum atomic E-state index is -0.104. The molecule has 21 heavy (non-hydrogen) atoms. The van der Waals surface area contributed by atoms with Gasteiger partial charge >= 0.3 is 0 Å². The molecular weight excluding hydrogens is 282 g/mol. The second-order valence-electron chi connectivity index (χ2n) is 5.47. The summed E-state index contributed by atoms with van der Waals surface area (Å²) in [5, 5.41) is 0.901. The molecule has 1 aromatic carbocycles. The zero-order chi connectivity index (χ0) is 14.8. The minimum absolute atomic E-state index is 0.0282. The molecule has 0 saturated carbocycles. The lowest BCUT2D eigenvalue weighted by molar-refractivity contribution is 0.630. The molecule has 0 radical (unpaired) electrons. The number of thioether (sulfide) groups is 1. The van der Waals surface area contributed by atoms with Crippen molar-refractivity contribution in [1.82, 2.24) is 9.97 Å². The fourth-order valence-electron chi connectivity index (χ4n) is 2.84. The molecule has 3 rings (SSSR count). The Kier molecular flexibility index (Phi) is 4.12. The van der Waals surface area contributed by atoms with Gasteiger partial charge in [-0.25, -0.2) is 4.98 Å². The first-order chi connectivity index (χ1) is 10.1.